The number of hydrogen-bond donors (Lipinski definition) is 0. The van der Waals surface area contributed by atoms with Crippen LogP contribution in [-0.4, -0.2) is 13.7 Å². The molecule has 0 amide bonds. The Morgan fingerprint density at radius 3 is 3.21 bits per heavy atom. The first kappa shape index (κ1) is 8.72. The second kappa shape index (κ2) is 3.47. The molecule has 5 nitrogen and oxygen atoms in total. The molecule has 1 aromatic carbocycles. The third-order valence-electron chi connectivity index (χ3n) is 2.16. The maximum Gasteiger partial charge on any atom is 0.123 e. The van der Waals surface area contributed by atoms with Gasteiger partial charge in [-0.2, -0.15) is 0 Å². The molecule has 2 rings (SSSR count). The summed E-state index contributed by atoms with van der Waals surface area (Å²) in [5.74, 6) is 1.51. The molecule has 1 unspecified atom stereocenters. The fourth-order valence-electron chi connectivity index (χ4n) is 1.46. The van der Waals surface area contributed by atoms with Crippen LogP contribution in [0.15, 0.2) is 23.3 Å². The monoisotopic (exact) mass is 191 g/mol. The van der Waals surface area contributed by atoms with E-state index in [1.54, 1.807) is 7.11 Å². The Kier molecular flexibility index (Phi) is 2.16. The molecule has 0 fully saturated rings. The summed E-state index contributed by atoms with van der Waals surface area (Å²) in [6, 6.07) is 5.24. The first-order valence-electron chi connectivity index (χ1n) is 4.20. The molecular formula is C9H9N3O2. The summed E-state index contributed by atoms with van der Waals surface area (Å²) in [5.41, 5.74) is 9.24. The Labute approximate surface area is 80.9 Å². The fraction of sp³-hybridized carbons (Fsp3) is 0.333. The molecule has 1 aliphatic heterocycles. The number of ether oxygens (including phenoxy) is 2. The van der Waals surface area contributed by atoms with Crippen LogP contribution in [0, 0.1) is 0 Å². The van der Waals surface area contributed by atoms with Crippen molar-refractivity contribution in [3.05, 3.63) is 34.2 Å². The minimum atomic E-state index is -0.231. The Hall–Kier alpha value is -1.87. The van der Waals surface area contributed by atoms with E-state index >= 15 is 0 Å². The van der Waals surface area contributed by atoms with Crippen molar-refractivity contribution < 1.29 is 9.47 Å². The van der Waals surface area contributed by atoms with E-state index in [4.69, 9.17) is 15.0 Å². The van der Waals surface area contributed by atoms with Crippen molar-refractivity contribution >= 4 is 0 Å². The molecule has 0 bridgehead atoms. The molecular weight excluding hydrogens is 182 g/mol. The van der Waals surface area contributed by atoms with Gasteiger partial charge in [0.05, 0.1) is 7.11 Å². The van der Waals surface area contributed by atoms with Crippen molar-refractivity contribution in [2.45, 2.75) is 6.04 Å². The van der Waals surface area contributed by atoms with Crippen molar-refractivity contribution in [2.24, 2.45) is 5.11 Å². The average Bonchev–Trinajstić information content (AvgIpc) is 2.61. The molecule has 0 saturated carbocycles. The highest BCUT2D eigenvalue weighted by Crippen LogP contribution is 2.37. The van der Waals surface area contributed by atoms with Gasteiger partial charge in [0.1, 0.15) is 24.1 Å². The zero-order valence-electron chi connectivity index (χ0n) is 7.67. The molecule has 1 aromatic rings. The highest BCUT2D eigenvalue weighted by molar-refractivity contribution is 5.44. The quantitative estimate of drug-likeness (QED) is 0.409. The summed E-state index contributed by atoms with van der Waals surface area (Å²) >= 11 is 0. The smallest absolute Gasteiger partial charge is 0.123 e. The van der Waals surface area contributed by atoms with Crippen molar-refractivity contribution in [2.75, 3.05) is 13.7 Å². The van der Waals surface area contributed by atoms with Crippen molar-refractivity contribution in [3.8, 4) is 11.5 Å². The van der Waals surface area contributed by atoms with E-state index in [-0.39, 0.29) is 6.04 Å². The van der Waals surface area contributed by atoms with Crippen LogP contribution < -0.4 is 9.47 Å². The zero-order chi connectivity index (χ0) is 9.97. The maximum absolute atomic E-state index is 8.35. The van der Waals surface area contributed by atoms with Crippen LogP contribution >= 0.6 is 0 Å². The molecule has 1 heterocycles. The second-order valence-electron chi connectivity index (χ2n) is 2.94. The zero-order valence-corrected chi connectivity index (χ0v) is 7.67. The molecule has 0 saturated heterocycles. The van der Waals surface area contributed by atoms with Gasteiger partial charge in [0.15, 0.2) is 0 Å². The third kappa shape index (κ3) is 1.34. The standard InChI is InChI=1S/C9H9N3O2/c1-13-6-2-3-9-7(4-6)8(5-14-9)11-12-10/h2-4,8H,5H2,1H3. The van der Waals surface area contributed by atoms with Gasteiger partial charge in [-0.3, -0.25) is 0 Å². The topological polar surface area (TPSA) is 67.2 Å². The van der Waals surface area contributed by atoms with E-state index in [1.165, 1.54) is 0 Å². The Morgan fingerprint density at radius 2 is 2.50 bits per heavy atom. The SMILES string of the molecule is COc1ccc2c(c1)C(N=[N+]=[N-])CO2. The Morgan fingerprint density at radius 1 is 1.64 bits per heavy atom. The average molecular weight is 191 g/mol. The summed E-state index contributed by atoms with van der Waals surface area (Å²) < 4.78 is 10.4. The fourth-order valence-corrected chi connectivity index (χ4v) is 1.46. The van der Waals surface area contributed by atoms with E-state index < -0.39 is 0 Å². The van der Waals surface area contributed by atoms with Crippen LogP contribution in [0.1, 0.15) is 11.6 Å². The first-order valence-corrected chi connectivity index (χ1v) is 4.20. The number of nitrogens with zero attached hydrogens (tertiary/aromatic N) is 3. The van der Waals surface area contributed by atoms with E-state index in [2.05, 4.69) is 10.0 Å². The van der Waals surface area contributed by atoms with Crippen LogP contribution in [0.2, 0.25) is 0 Å². The molecule has 0 N–H and O–H groups in total. The molecule has 72 valence electrons. The largest absolute Gasteiger partial charge is 0.497 e. The minimum Gasteiger partial charge on any atom is -0.497 e. The molecule has 5 heteroatoms. The number of benzene rings is 1. The van der Waals surface area contributed by atoms with Crippen LogP contribution in [0.3, 0.4) is 0 Å². The van der Waals surface area contributed by atoms with Crippen LogP contribution in [-0.2, 0) is 0 Å². The third-order valence-corrected chi connectivity index (χ3v) is 2.16. The van der Waals surface area contributed by atoms with Crippen molar-refractivity contribution in [1.82, 2.24) is 0 Å². The number of methoxy groups -OCH3 is 1. The van der Waals surface area contributed by atoms with E-state index in [0.29, 0.717) is 6.61 Å². The van der Waals surface area contributed by atoms with Crippen molar-refractivity contribution in [3.63, 3.8) is 0 Å². The molecule has 1 atom stereocenters. The number of hydrogen-bond acceptors (Lipinski definition) is 3. The number of rotatable bonds is 2. The molecule has 0 aromatic heterocycles. The Balaban J connectivity index is 2.41. The van der Waals surface area contributed by atoms with E-state index in [0.717, 1.165) is 17.1 Å². The molecule has 0 spiro atoms. The second-order valence-corrected chi connectivity index (χ2v) is 2.94. The summed E-state index contributed by atoms with van der Waals surface area (Å²) in [5, 5.41) is 3.64. The molecule has 0 radical (unpaired) electrons. The number of azide groups is 1. The van der Waals surface area contributed by atoms with Crippen molar-refractivity contribution in [1.29, 1.82) is 0 Å². The lowest BCUT2D eigenvalue weighted by Gasteiger charge is -2.03. The predicted octanol–water partition coefficient (Wildman–Crippen LogP) is 2.44. The molecule has 0 aliphatic carbocycles. The molecule has 1 aliphatic rings. The van der Waals surface area contributed by atoms with Gasteiger partial charge in [0, 0.05) is 10.5 Å². The van der Waals surface area contributed by atoms with Gasteiger partial charge in [-0.15, -0.1) is 0 Å². The first-order chi connectivity index (χ1) is 6.85. The minimum absolute atomic E-state index is 0.231. The highest BCUT2D eigenvalue weighted by atomic mass is 16.5. The van der Waals surface area contributed by atoms with Gasteiger partial charge >= 0.3 is 0 Å². The van der Waals surface area contributed by atoms with Crippen LogP contribution in [0.4, 0.5) is 0 Å². The lowest BCUT2D eigenvalue weighted by atomic mass is 10.1. The van der Waals surface area contributed by atoms with Gasteiger partial charge < -0.3 is 9.47 Å². The predicted molar refractivity (Wildman–Crippen MR) is 50.4 cm³/mol. The Bertz CT molecular complexity index is 399. The summed E-state index contributed by atoms with van der Waals surface area (Å²) in [7, 11) is 1.60. The van der Waals surface area contributed by atoms with Crippen LogP contribution in [0.5, 0.6) is 11.5 Å². The van der Waals surface area contributed by atoms with Crippen LogP contribution in [0.25, 0.3) is 10.4 Å². The summed E-state index contributed by atoms with van der Waals surface area (Å²) in [6.07, 6.45) is 0. The summed E-state index contributed by atoms with van der Waals surface area (Å²) in [4.78, 5) is 2.78. The van der Waals surface area contributed by atoms with Gasteiger partial charge in [0.2, 0.25) is 0 Å². The van der Waals surface area contributed by atoms with Gasteiger partial charge in [-0.05, 0) is 23.7 Å². The number of fused-ring (bicyclic) bond motifs is 1. The summed E-state index contributed by atoms with van der Waals surface area (Å²) in [6.45, 7) is 0.409. The van der Waals surface area contributed by atoms with E-state index in [1.807, 2.05) is 18.2 Å². The van der Waals surface area contributed by atoms with Gasteiger partial charge in [0.25, 0.3) is 0 Å². The normalized spacial score (nSPS) is 17.9. The lowest BCUT2D eigenvalue weighted by molar-refractivity contribution is 0.333. The van der Waals surface area contributed by atoms with Gasteiger partial charge in [-0.25, -0.2) is 0 Å². The lowest BCUT2D eigenvalue weighted by Crippen LogP contribution is -1.95. The molecule has 14 heavy (non-hydrogen) atoms. The highest BCUT2D eigenvalue weighted by Gasteiger charge is 2.23. The van der Waals surface area contributed by atoms with Gasteiger partial charge in [-0.1, -0.05) is 5.11 Å². The van der Waals surface area contributed by atoms with E-state index in [9.17, 15) is 0 Å². The maximum atomic E-state index is 8.35.